The Morgan fingerprint density at radius 2 is 1.83 bits per heavy atom. The summed E-state index contributed by atoms with van der Waals surface area (Å²) in [4.78, 5) is 0. The number of aliphatic hydroxyl groups is 1. The number of nitrogens with zero attached hydrogens (tertiary/aromatic N) is 1. The number of benzene rings is 2. The molecule has 0 aliphatic carbocycles. The minimum atomic E-state index is 0. The summed E-state index contributed by atoms with van der Waals surface area (Å²) in [5.41, 5.74) is 1.08. The molecule has 0 unspecified atom stereocenters. The molecule has 0 aliphatic heterocycles. The lowest BCUT2D eigenvalue weighted by Gasteiger charge is -2.09. The first-order valence-corrected chi connectivity index (χ1v) is 7.44. The van der Waals surface area contributed by atoms with Crippen LogP contribution in [0.1, 0.15) is 6.92 Å². The SMILES string of the molecule is CCOc1ccc2c(c1)c1ccc(OC)cc1c[n+]2CCO.[Br-]. The van der Waals surface area contributed by atoms with E-state index in [9.17, 15) is 5.11 Å². The Balaban J connectivity index is 0.00000192. The Morgan fingerprint density at radius 1 is 1.04 bits per heavy atom. The van der Waals surface area contributed by atoms with Crippen LogP contribution in [0, 0.1) is 0 Å². The number of fused-ring (bicyclic) bond motifs is 3. The number of aliphatic hydroxyl groups excluding tert-OH is 1. The van der Waals surface area contributed by atoms with Crippen LogP contribution in [0.4, 0.5) is 0 Å². The van der Waals surface area contributed by atoms with Gasteiger partial charge in [0.2, 0.25) is 5.52 Å². The van der Waals surface area contributed by atoms with Crippen LogP contribution in [-0.2, 0) is 6.54 Å². The van der Waals surface area contributed by atoms with Crippen LogP contribution >= 0.6 is 0 Å². The van der Waals surface area contributed by atoms with Gasteiger partial charge in [-0.25, -0.2) is 0 Å². The molecule has 0 saturated carbocycles. The third kappa shape index (κ3) is 3.41. The number of methoxy groups -OCH3 is 1. The molecule has 5 heteroatoms. The van der Waals surface area contributed by atoms with Crippen LogP contribution in [0.2, 0.25) is 0 Å². The third-order valence-electron chi connectivity index (χ3n) is 3.77. The summed E-state index contributed by atoms with van der Waals surface area (Å²) in [6.45, 7) is 3.27. The molecule has 0 spiro atoms. The maximum Gasteiger partial charge on any atom is 0.213 e. The van der Waals surface area contributed by atoms with E-state index in [1.807, 2.05) is 31.2 Å². The van der Waals surface area contributed by atoms with Crippen molar-refractivity contribution >= 4 is 21.7 Å². The second kappa shape index (κ2) is 7.62. The summed E-state index contributed by atoms with van der Waals surface area (Å²) in [6, 6.07) is 12.1. The minimum absolute atomic E-state index is 0. The van der Waals surface area contributed by atoms with Crippen molar-refractivity contribution in [3.8, 4) is 11.5 Å². The van der Waals surface area contributed by atoms with E-state index in [0.29, 0.717) is 13.2 Å². The highest BCUT2D eigenvalue weighted by Gasteiger charge is 2.14. The highest BCUT2D eigenvalue weighted by molar-refractivity contribution is 6.04. The molecule has 2 aromatic carbocycles. The van der Waals surface area contributed by atoms with Gasteiger partial charge in [0.25, 0.3) is 0 Å². The number of hydrogen-bond donors (Lipinski definition) is 1. The summed E-state index contributed by atoms with van der Waals surface area (Å²) in [6.07, 6.45) is 2.05. The molecule has 3 rings (SSSR count). The summed E-state index contributed by atoms with van der Waals surface area (Å²) in [5, 5.41) is 12.7. The van der Waals surface area contributed by atoms with E-state index >= 15 is 0 Å². The zero-order valence-electron chi connectivity index (χ0n) is 13.3. The highest BCUT2D eigenvalue weighted by Crippen LogP contribution is 2.28. The van der Waals surface area contributed by atoms with Gasteiger partial charge in [0, 0.05) is 11.5 Å². The Bertz CT molecular complexity index is 820. The first-order chi connectivity index (χ1) is 10.8. The Hall–Kier alpha value is -1.85. The van der Waals surface area contributed by atoms with E-state index in [4.69, 9.17) is 9.47 Å². The molecule has 4 nitrogen and oxygen atoms in total. The smallest absolute Gasteiger partial charge is 0.213 e. The zero-order valence-corrected chi connectivity index (χ0v) is 14.8. The van der Waals surface area contributed by atoms with Gasteiger partial charge in [0.1, 0.15) is 18.1 Å². The van der Waals surface area contributed by atoms with Gasteiger partial charge in [-0.15, -0.1) is 0 Å². The van der Waals surface area contributed by atoms with E-state index in [0.717, 1.165) is 33.2 Å². The van der Waals surface area contributed by atoms with E-state index in [-0.39, 0.29) is 23.6 Å². The molecule has 1 N–H and O–H groups in total. The molecule has 0 bridgehead atoms. The van der Waals surface area contributed by atoms with Gasteiger partial charge in [0.05, 0.1) is 24.5 Å². The molecule has 0 aliphatic rings. The molecule has 0 atom stereocenters. The molecule has 23 heavy (non-hydrogen) atoms. The lowest BCUT2D eigenvalue weighted by atomic mass is 10.1. The fraction of sp³-hybridized carbons (Fsp3) is 0.278. The van der Waals surface area contributed by atoms with E-state index in [1.54, 1.807) is 7.11 Å². The van der Waals surface area contributed by atoms with Gasteiger partial charge < -0.3 is 31.6 Å². The predicted octanol–water partition coefficient (Wildman–Crippen LogP) is -0.316. The number of aromatic nitrogens is 1. The van der Waals surface area contributed by atoms with Gasteiger partial charge in [0.15, 0.2) is 12.7 Å². The average molecular weight is 378 g/mol. The average Bonchev–Trinajstić information content (AvgIpc) is 2.55. The molecule has 0 radical (unpaired) electrons. The monoisotopic (exact) mass is 377 g/mol. The van der Waals surface area contributed by atoms with Crippen molar-refractivity contribution in [3.05, 3.63) is 42.6 Å². The number of rotatable bonds is 5. The molecular formula is C18H20BrNO3. The van der Waals surface area contributed by atoms with Crippen molar-refractivity contribution in [1.29, 1.82) is 0 Å². The zero-order chi connectivity index (χ0) is 15.5. The fourth-order valence-electron chi connectivity index (χ4n) is 2.79. The van der Waals surface area contributed by atoms with Gasteiger partial charge in [-0.2, -0.15) is 4.57 Å². The number of pyridine rings is 1. The molecule has 0 fully saturated rings. The van der Waals surface area contributed by atoms with Gasteiger partial charge in [-0.05, 0) is 37.3 Å². The van der Waals surface area contributed by atoms with Crippen molar-refractivity contribution in [2.24, 2.45) is 0 Å². The molecule has 1 heterocycles. The topological polar surface area (TPSA) is 42.6 Å². The normalized spacial score (nSPS) is 10.6. The van der Waals surface area contributed by atoms with E-state index < -0.39 is 0 Å². The molecular weight excluding hydrogens is 358 g/mol. The van der Waals surface area contributed by atoms with Gasteiger partial charge in [-0.1, -0.05) is 0 Å². The van der Waals surface area contributed by atoms with Crippen molar-refractivity contribution < 1.29 is 36.1 Å². The molecule has 0 amide bonds. The first-order valence-electron chi connectivity index (χ1n) is 7.44. The minimum Gasteiger partial charge on any atom is -1.00 e. The summed E-state index contributed by atoms with van der Waals surface area (Å²) < 4.78 is 13.0. The number of ether oxygens (including phenoxy) is 2. The summed E-state index contributed by atoms with van der Waals surface area (Å²) in [7, 11) is 1.66. The lowest BCUT2D eigenvalue weighted by Crippen LogP contribution is -3.00. The summed E-state index contributed by atoms with van der Waals surface area (Å²) >= 11 is 0. The lowest BCUT2D eigenvalue weighted by molar-refractivity contribution is -0.671. The maximum absolute atomic E-state index is 9.32. The second-order valence-electron chi connectivity index (χ2n) is 5.11. The highest BCUT2D eigenvalue weighted by atomic mass is 79.9. The van der Waals surface area contributed by atoms with Crippen LogP contribution in [0.5, 0.6) is 11.5 Å². The number of halogens is 1. The Morgan fingerprint density at radius 3 is 2.52 bits per heavy atom. The van der Waals surface area contributed by atoms with Crippen molar-refractivity contribution in [2.45, 2.75) is 13.5 Å². The number of hydrogen-bond acceptors (Lipinski definition) is 3. The van der Waals surface area contributed by atoms with Crippen LogP contribution in [-0.4, -0.2) is 25.4 Å². The largest absolute Gasteiger partial charge is 1.00 e. The standard InChI is InChI=1S/C18H20NO3.BrH/c1-3-22-15-5-7-18-17(11-15)16-6-4-14(21-2)10-13(16)12-19(18)8-9-20;/h4-7,10-12,20H,3,8-9H2,1-2H3;1H/q+1;/p-1. The predicted molar refractivity (Wildman–Crippen MR) is 86.5 cm³/mol. The molecule has 0 saturated heterocycles. The second-order valence-corrected chi connectivity index (χ2v) is 5.11. The van der Waals surface area contributed by atoms with Gasteiger partial charge in [-0.3, -0.25) is 0 Å². The molecule has 3 aromatic rings. The molecule has 1 aromatic heterocycles. The van der Waals surface area contributed by atoms with Crippen LogP contribution in [0.3, 0.4) is 0 Å². The van der Waals surface area contributed by atoms with E-state index in [2.05, 4.69) is 22.9 Å². The Kier molecular flexibility index (Phi) is 5.80. The van der Waals surface area contributed by atoms with Crippen molar-refractivity contribution in [2.75, 3.05) is 20.3 Å². The van der Waals surface area contributed by atoms with Crippen LogP contribution in [0.25, 0.3) is 21.7 Å². The maximum atomic E-state index is 9.32. The van der Waals surface area contributed by atoms with Gasteiger partial charge >= 0.3 is 0 Å². The van der Waals surface area contributed by atoms with Crippen molar-refractivity contribution in [1.82, 2.24) is 0 Å². The first kappa shape index (κ1) is 17.5. The summed E-state index contributed by atoms with van der Waals surface area (Å²) in [5.74, 6) is 1.68. The third-order valence-corrected chi connectivity index (χ3v) is 3.77. The van der Waals surface area contributed by atoms with Crippen LogP contribution in [0.15, 0.2) is 42.6 Å². The van der Waals surface area contributed by atoms with Crippen LogP contribution < -0.4 is 31.0 Å². The fourth-order valence-corrected chi connectivity index (χ4v) is 2.79. The molecule has 122 valence electrons. The Labute approximate surface area is 146 Å². The quantitative estimate of drug-likeness (QED) is 0.489. The van der Waals surface area contributed by atoms with Crippen molar-refractivity contribution in [3.63, 3.8) is 0 Å². The van der Waals surface area contributed by atoms with E-state index in [1.165, 1.54) is 0 Å².